The lowest BCUT2D eigenvalue weighted by Crippen LogP contribution is -2.43. The number of pyridine rings is 1. The monoisotopic (exact) mass is 290 g/mol. The van der Waals surface area contributed by atoms with Crippen molar-refractivity contribution in [3.63, 3.8) is 0 Å². The molecule has 0 bridgehead atoms. The molecule has 2 aliphatic rings. The number of piperazine rings is 1. The molecular formula is C15H22N4O2. The van der Waals surface area contributed by atoms with Crippen LogP contribution in [-0.4, -0.2) is 50.3 Å². The van der Waals surface area contributed by atoms with Gasteiger partial charge < -0.3 is 20.3 Å². The average Bonchev–Trinajstić information content (AvgIpc) is 2.57. The Morgan fingerprint density at radius 1 is 1.29 bits per heavy atom. The molecule has 0 unspecified atom stereocenters. The fourth-order valence-corrected chi connectivity index (χ4v) is 2.76. The number of nitrogens with zero attached hydrogens (tertiary/aromatic N) is 2. The molecule has 21 heavy (non-hydrogen) atoms. The molecule has 6 heteroatoms. The van der Waals surface area contributed by atoms with Crippen molar-refractivity contribution in [2.24, 2.45) is 5.92 Å². The first-order chi connectivity index (χ1) is 10.3. The van der Waals surface area contributed by atoms with Gasteiger partial charge in [0.1, 0.15) is 5.82 Å². The van der Waals surface area contributed by atoms with E-state index in [-0.39, 0.29) is 11.8 Å². The van der Waals surface area contributed by atoms with Crippen LogP contribution in [-0.2, 0) is 9.53 Å². The van der Waals surface area contributed by atoms with Gasteiger partial charge in [0, 0.05) is 45.3 Å². The highest BCUT2D eigenvalue weighted by Gasteiger charge is 2.21. The molecule has 0 aliphatic carbocycles. The largest absolute Gasteiger partial charge is 0.381 e. The number of hydrogen-bond acceptors (Lipinski definition) is 5. The molecule has 3 heterocycles. The average molecular weight is 290 g/mol. The third-order valence-corrected chi connectivity index (χ3v) is 4.07. The smallest absolute Gasteiger partial charge is 0.228 e. The molecule has 3 rings (SSSR count). The maximum atomic E-state index is 12.1. The summed E-state index contributed by atoms with van der Waals surface area (Å²) in [7, 11) is 0. The molecule has 2 saturated heterocycles. The van der Waals surface area contributed by atoms with E-state index in [2.05, 4.69) is 20.5 Å². The van der Waals surface area contributed by atoms with Crippen LogP contribution < -0.4 is 15.5 Å². The van der Waals surface area contributed by atoms with Crippen molar-refractivity contribution in [2.75, 3.05) is 49.6 Å². The van der Waals surface area contributed by atoms with Gasteiger partial charge >= 0.3 is 0 Å². The van der Waals surface area contributed by atoms with Gasteiger partial charge in [-0.1, -0.05) is 0 Å². The predicted octanol–water partition coefficient (Wildman–Crippen LogP) is 0.856. The van der Waals surface area contributed by atoms with Crippen LogP contribution >= 0.6 is 0 Å². The summed E-state index contributed by atoms with van der Waals surface area (Å²) in [5.41, 5.74) is 1.11. The number of nitrogens with one attached hydrogen (secondary N) is 2. The van der Waals surface area contributed by atoms with E-state index in [0.717, 1.165) is 44.7 Å². The van der Waals surface area contributed by atoms with Gasteiger partial charge in [-0.25, -0.2) is 4.98 Å². The molecule has 114 valence electrons. The van der Waals surface area contributed by atoms with Gasteiger partial charge in [-0.2, -0.15) is 0 Å². The van der Waals surface area contributed by atoms with Crippen LogP contribution in [0.5, 0.6) is 0 Å². The van der Waals surface area contributed by atoms with E-state index < -0.39 is 0 Å². The number of anilines is 2. The van der Waals surface area contributed by atoms with Crippen LogP contribution in [0, 0.1) is 5.92 Å². The Hall–Kier alpha value is -1.66. The number of amides is 1. The third-order valence-electron chi connectivity index (χ3n) is 4.07. The molecule has 0 atom stereocenters. The standard InChI is InChI=1S/C15H22N4O2/c20-15(12-3-9-21-10-4-12)18-14-2-1-13(11-17-14)19-7-5-16-6-8-19/h1-2,11-12,16H,3-10H2,(H,17,18,20). The topological polar surface area (TPSA) is 66.5 Å². The first-order valence-corrected chi connectivity index (χ1v) is 7.63. The molecule has 0 aromatic carbocycles. The van der Waals surface area contributed by atoms with Crippen molar-refractivity contribution >= 4 is 17.4 Å². The number of aromatic nitrogens is 1. The molecule has 2 N–H and O–H groups in total. The van der Waals surface area contributed by atoms with Gasteiger partial charge in [-0.3, -0.25) is 4.79 Å². The van der Waals surface area contributed by atoms with Crippen LogP contribution in [0.3, 0.4) is 0 Å². The van der Waals surface area contributed by atoms with Crippen molar-refractivity contribution in [3.05, 3.63) is 18.3 Å². The maximum absolute atomic E-state index is 12.1. The van der Waals surface area contributed by atoms with Gasteiger partial charge in [-0.05, 0) is 25.0 Å². The number of ether oxygens (including phenoxy) is 1. The summed E-state index contributed by atoms with van der Waals surface area (Å²) in [6, 6.07) is 3.91. The van der Waals surface area contributed by atoms with Gasteiger partial charge in [0.15, 0.2) is 0 Å². The van der Waals surface area contributed by atoms with E-state index in [1.54, 1.807) is 0 Å². The van der Waals surface area contributed by atoms with Crippen LogP contribution in [0.2, 0.25) is 0 Å². The number of hydrogen-bond donors (Lipinski definition) is 2. The summed E-state index contributed by atoms with van der Waals surface area (Å²) in [5.74, 6) is 0.736. The summed E-state index contributed by atoms with van der Waals surface area (Å²) in [6.45, 7) is 5.34. The van der Waals surface area contributed by atoms with E-state index in [1.807, 2.05) is 18.3 Å². The van der Waals surface area contributed by atoms with Crippen LogP contribution in [0.15, 0.2) is 18.3 Å². The molecule has 6 nitrogen and oxygen atoms in total. The summed E-state index contributed by atoms with van der Waals surface area (Å²) >= 11 is 0. The van der Waals surface area contributed by atoms with Gasteiger partial charge in [0.2, 0.25) is 5.91 Å². The zero-order valence-electron chi connectivity index (χ0n) is 12.2. The third kappa shape index (κ3) is 3.71. The summed E-state index contributed by atoms with van der Waals surface area (Å²) in [6.07, 6.45) is 3.43. The Labute approximate surface area is 124 Å². The van der Waals surface area contributed by atoms with Crippen molar-refractivity contribution in [3.8, 4) is 0 Å². The second kappa shape index (κ2) is 6.87. The molecule has 0 saturated carbocycles. The zero-order chi connectivity index (χ0) is 14.5. The van der Waals surface area contributed by atoms with Crippen LogP contribution in [0.1, 0.15) is 12.8 Å². The minimum Gasteiger partial charge on any atom is -0.381 e. The molecule has 0 radical (unpaired) electrons. The molecule has 2 aliphatic heterocycles. The SMILES string of the molecule is O=C(Nc1ccc(N2CCNCC2)cn1)C1CCOCC1. The Kier molecular flexibility index (Phi) is 4.67. The minimum atomic E-state index is 0.0494. The molecule has 1 amide bonds. The molecule has 2 fully saturated rings. The number of carbonyl (C=O) groups excluding carboxylic acids is 1. The van der Waals surface area contributed by atoms with Crippen molar-refractivity contribution in [2.45, 2.75) is 12.8 Å². The Morgan fingerprint density at radius 2 is 2.05 bits per heavy atom. The molecule has 1 aromatic heterocycles. The van der Waals surface area contributed by atoms with Crippen molar-refractivity contribution < 1.29 is 9.53 Å². The van der Waals surface area contributed by atoms with E-state index in [1.165, 1.54) is 0 Å². The molecular weight excluding hydrogens is 268 g/mol. The van der Waals surface area contributed by atoms with E-state index in [9.17, 15) is 4.79 Å². The van der Waals surface area contributed by atoms with E-state index in [4.69, 9.17) is 4.74 Å². The fraction of sp³-hybridized carbons (Fsp3) is 0.600. The first-order valence-electron chi connectivity index (χ1n) is 7.63. The predicted molar refractivity (Wildman–Crippen MR) is 81.5 cm³/mol. The molecule has 1 aromatic rings. The highest BCUT2D eigenvalue weighted by atomic mass is 16.5. The lowest BCUT2D eigenvalue weighted by molar-refractivity contribution is -0.122. The summed E-state index contributed by atoms with van der Waals surface area (Å²) < 4.78 is 5.28. The van der Waals surface area contributed by atoms with Crippen LogP contribution in [0.4, 0.5) is 11.5 Å². The fourth-order valence-electron chi connectivity index (χ4n) is 2.76. The summed E-state index contributed by atoms with van der Waals surface area (Å²) in [5, 5.41) is 6.23. The summed E-state index contributed by atoms with van der Waals surface area (Å²) in [4.78, 5) is 18.8. The van der Waals surface area contributed by atoms with E-state index >= 15 is 0 Å². The Morgan fingerprint density at radius 3 is 2.71 bits per heavy atom. The zero-order valence-corrected chi connectivity index (χ0v) is 12.2. The van der Waals surface area contributed by atoms with Gasteiger partial charge in [0.05, 0.1) is 11.9 Å². The number of rotatable bonds is 3. The highest BCUT2D eigenvalue weighted by molar-refractivity contribution is 5.91. The lowest BCUT2D eigenvalue weighted by Gasteiger charge is -2.29. The lowest BCUT2D eigenvalue weighted by atomic mass is 9.99. The minimum absolute atomic E-state index is 0.0494. The Balaban J connectivity index is 1.57. The van der Waals surface area contributed by atoms with E-state index in [0.29, 0.717) is 19.0 Å². The second-order valence-corrected chi connectivity index (χ2v) is 5.51. The first kappa shape index (κ1) is 14.3. The normalized spacial score (nSPS) is 20.3. The quantitative estimate of drug-likeness (QED) is 0.864. The van der Waals surface area contributed by atoms with Crippen molar-refractivity contribution in [1.29, 1.82) is 0 Å². The molecule has 0 spiro atoms. The Bertz CT molecular complexity index is 465. The maximum Gasteiger partial charge on any atom is 0.228 e. The van der Waals surface area contributed by atoms with Gasteiger partial charge in [0.25, 0.3) is 0 Å². The second-order valence-electron chi connectivity index (χ2n) is 5.51. The number of carbonyl (C=O) groups is 1. The van der Waals surface area contributed by atoms with Crippen LogP contribution in [0.25, 0.3) is 0 Å². The van der Waals surface area contributed by atoms with Crippen molar-refractivity contribution in [1.82, 2.24) is 10.3 Å². The highest BCUT2D eigenvalue weighted by Crippen LogP contribution is 2.19. The van der Waals surface area contributed by atoms with Gasteiger partial charge in [-0.15, -0.1) is 0 Å².